The smallest absolute Gasteiger partial charge is 0.220 e. The van der Waals surface area contributed by atoms with Crippen LogP contribution in [0.4, 0.5) is 0 Å². The van der Waals surface area contributed by atoms with Gasteiger partial charge in [-0.05, 0) is 12.1 Å². The summed E-state index contributed by atoms with van der Waals surface area (Å²) in [6.45, 7) is 3.12. The molecule has 0 aromatic heterocycles. The van der Waals surface area contributed by atoms with Crippen molar-refractivity contribution in [3.05, 3.63) is 34.3 Å². The van der Waals surface area contributed by atoms with E-state index in [0.29, 0.717) is 0 Å². The number of piperidine rings is 1. The summed E-state index contributed by atoms with van der Waals surface area (Å²) in [5, 5.41) is 0. The molecule has 17 heavy (non-hydrogen) atoms. The first-order chi connectivity index (χ1) is 8.15. The minimum atomic E-state index is -0.133. The largest absolute Gasteiger partial charge is 0.369 e. The molecule has 0 radical (unpaired) electrons. The van der Waals surface area contributed by atoms with Crippen LogP contribution in [0.15, 0.2) is 28.7 Å². The van der Waals surface area contributed by atoms with Crippen molar-refractivity contribution in [3.63, 3.8) is 0 Å². The summed E-state index contributed by atoms with van der Waals surface area (Å²) in [4.78, 5) is 12.6. The molecule has 3 nitrogen and oxygen atoms in total. The fourth-order valence-electron chi connectivity index (χ4n) is 2.42. The van der Waals surface area contributed by atoms with E-state index in [1.165, 1.54) is 5.56 Å². The number of nitrogens with two attached hydrogens (primary N) is 1. The zero-order chi connectivity index (χ0) is 12.3. The van der Waals surface area contributed by atoms with Crippen LogP contribution in [-0.2, 0) is 11.3 Å². The van der Waals surface area contributed by atoms with Crippen molar-refractivity contribution in [2.75, 3.05) is 13.1 Å². The Morgan fingerprint density at radius 3 is 2.71 bits per heavy atom. The van der Waals surface area contributed by atoms with Crippen LogP contribution in [0.1, 0.15) is 18.4 Å². The van der Waals surface area contributed by atoms with Gasteiger partial charge >= 0.3 is 0 Å². The minimum Gasteiger partial charge on any atom is -0.369 e. The quantitative estimate of drug-likeness (QED) is 0.849. The predicted molar refractivity (Wildman–Crippen MR) is 70.5 cm³/mol. The highest BCUT2D eigenvalue weighted by Crippen LogP contribution is 2.12. The maximum atomic E-state index is 11.1. The van der Waals surface area contributed by atoms with Gasteiger partial charge < -0.3 is 10.6 Å². The van der Waals surface area contributed by atoms with E-state index in [9.17, 15) is 4.79 Å². The first-order valence-corrected chi connectivity index (χ1v) is 6.82. The number of carbonyl (C=O) groups is 1. The molecule has 1 fully saturated rings. The summed E-state index contributed by atoms with van der Waals surface area (Å²) < 4.78 is 1.13. The number of nitrogens with one attached hydrogen (secondary N) is 1. The van der Waals surface area contributed by atoms with E-state index >= 15 is 0 Å². The fourth-order valence-corrected chi connectivity index (χ4v) is 2.87. The molecule has 1 aliphatic heterocycles. The van der Waals surface area contributed by atoms with E-state index in [4.69, 9.17) is 5.73 Å². The molecule has 1 aromatic carbocycles. The third kappa shape index (κ3) is 3.54. The number of carbonyl (C=O) groups excluding carboxylic acids is 1. The molecule has 1 aromatic rings. The Bertz CT molecular complexity index is 400. The standard InChI is InChI=1S/C13H17BrN2O/c14-12-3-1-2-10(8-12)9-16-6-4-11(5-7-16)13(15)17/h1-3,8,11H,4-7,9H2,(H2,15,17)/p+1. The molecular weight excluding hydrogens is 280 g/mol. The molecule has 0 unspecified atom stereocenters. The van der Waals surface area contributed by atoms with Crippen molar-refractivity contribution in [3.8, 4) is 0 Å². The number of primary amides is 1. The van der Waals surface area contributed by atoms with Gasteiger partial charge in [0.25, 0.3) is 0 Å². The van der Waals surface area contributed by atoms with E-state index < -0.39 is 0 Å². The summed E-state index contributed by atoms with van der Waals surface area (Å²) in [6.07, 6.45) is 1.86. The Morgan fingerprint density at radius 1 is 1.41 bits per heavy atom. The molecule has 0 atom stereocenters. The van der Waals surface area contributed by atoms with Gasteiger partial charge in [-0.2, -0.15) is 0 Å². The van der Waals surface area contributed by atoms with Crippen LogP contribution >= 0.6 is 15.9 Å². The summed E-state index contributed by atoms with van der Waals surface area (Å²) in [5.41, 5.74) is 6.67. The monoisotopic (exact) mass is 297 g/mol. The maximum absolute atomic E-state index is 11.1. The second-order valence-corrected chi connectivity index (χ2v) is 5.65. The zero-order valence-corrected chi connectivity index (χ0v) is 11.4. The lowest BCUT2D eigenvalue weighted by Crippen LogP contribution is -3.11. The Labute approximate surface area is 110 Å². The van der Waals surface area contributed by atoms with Gasteiger partial charge in [-0.15, -0.1) is 0 Å². The molecule has 4 heteroatoms. The van der Waals surface area contributed by atoms with Gasteiger partial charge in [-0.3, -0.25) is 4.79 Å². The lowest BCUT2D eigenvalue weighted by atomic mass is 9.96. The molecule has 0 aliphatic carbocycles. The number of hydrogen-bond donors (Lipinski definition) is 2. The molecule has 0 spiro atoms. The van der Waals surface area contributed by atoms with E-state index in [1.54, 1.807) is 4.90 Å². The van der Waals surface area contributed by atoms with Crippen LogP contribution in [0.25, 0.3) is 0 Å². The van der Waals surface area contributed by atoms with E-state index in [0.717, 1.165) is 36.9 Å². The van der Waals surface area contributed by atoms with Gasteiger partial charge in [0.2, 0.25) is 5.91 Å². The van der Waals surface area contributed by atoms with Crippen LogP contribution in [0.2, 0.25) is 0 Å². The van der Waals surface area contributed by atoms with Crippen LogP contribution in [0.5, 0.6) is 0 Å². The molecule has 1 heterocycles. The molecule has 2 rings (SSSR count). The summed E-state index contributed by atoms with van der Waals surface area (Å²) in [6, 6.07) is 8.41. The van der Waals surface area contributed by atoms with Crippen LogP contribution in [-0.4, -0.2) is 19.0 Å². The Balaban J connectivity index is 1.88. The lowest BCUT2D eigenvalue weighted by Gasteiger charge is -2.27. The van der Waals surface area contributed by atoms with Gasteiger partial charge in [-0.1, -0.05) is 28.1 Å². The number of amides is 1. The van der Waals surface area contributed by atoms with Crippen LogP contribution in [0.3, 0.4) is 0 Å². The number of hydrogen-bond acceptors (Lipinski definition) is 1. The average Bonchev–Trinajstić information content (AvgIpc) is 2.29. The highest BCUT2D eigenvalue weighted by Gasteiger charge is 2.25. The molecule has 0 saturated carbocycles. The zero-order valence-electron chi connectivity index (χ0n) is 9.79. The third-order valence-electron chi connectivity index (χ3n) is 3.44. The first kappa shape index (κ1) is 12.6. The second kappa shape index (κ2) is 5.65. The Kier molecular flexibility index (Phi) is 4.18. The van der Waals surface area contributed by atoms with Gasteiger partial charge in [0.05, 0.1) is 13.1 Å². The second-order valence-electron chi connectivity index (χ2n) is 4.73. The molecule has 1 amide bonds. The average molecular weight is 298 g/mol. The fraction of sp³-hybridized carbons (Fsp3) is 0.462. The number of halogens is 1. The molecule has 1 saturated heterocycles. The normalized spacial score (nSPS) is 24.5. The number of likely N-dealkylation sites (tertiary alicyclic amines) is 1. The third-order valence-corrected chi connectivity index (χ3v) is 3.93. The van der Waals surface area contributed by atoms with Crippen molar-refractivity contribution in [1.29, 1.82) is 0 Å². The molecule has 3 N–H and O–H groups in total. The molecule has 1 aliphatic rings. The number of rotatable bonds is 3. The molecule has 0 bridgehead atoms. The SMILES string of the molecule is NC(=O)C1CC[NH+](Cc2cccc(Br)c2)CC1. The van der Waals surface area contributed by atoms with Crippen molar-refractivity contribution in [2.45, 2.75) is 19.4 Å². The molecular formula is C13H18BrN2O+. The van der Waals surface area contributed by atoms with Crippen LogP contribution < -0.4 is 10.6 Å². The maximum Gasteiger partial charge on any atom is 0.220 e. The summed E-state index contributed by atoms with van der Waals surface area (Å²) in [7, 11) is 0. The van der Waals surface area contributed by atoms with Crippen molar-refractivity contribution in [2.24, 2.45) is 11.7 Å². The number of quaternary nitrogens is 1. The summed E-state index contributed by atoms with van der Waals surface area (Å²) >= 11 is 3.49. The Hall–Kier alpha value is -0.870. The van der Waals surface area contributed by atoms with Gasteiger partial charge in [0.1, 0.15) is 6.54 Å². The summed E-state index contributed by atoms with van der Waals surface area (Å²) in [5.74, 6) is -0.0345. The molecule has 92 valence electrons. The van der Waals surface area contributed by atoms with E-state index in [2.05, 4.69) is 34.1 Å². The van der Waals surface area contributed by atoms with Crippen molar-refractivity contribution in [1.82, 2.24) is 0 Å². The van der Waals surface area contributed by atoms with Gasteiger partial charge in [0.15, 0.2) is 0 Å². The van der Waals surface area contributed by atoms with Gasteiger partial charge in [-0.25, -0.2) is 0 Å². The Morgan fingerprint density at radius 2 is 2.12 bits per heavy atom. The first-order valence-electron chi connectivity index (χ1n) is 6.02. The van der Waals surface area contributed by atoms with Crippen molar-refractivity contribution >= 4 is 21.8 Å². The highest BCUT2D eigenvalue weighted by molar-refractivity contribution is 9.10. The predicted octanol–water partition coefficient (Wildman–Crippen LogP) is 0.729. The van der Waals surface area contributed by atoms with E-state index in [1.807, 2.05) is 6.07 Å². The number of benzene rings is 1. The van der Waals surface area contributed by atoms with Crippen LogP contribution in [0, 0.1) is 5.92 Å². The van der Waals surface area contributed by atoms with Crippen molar-refractivity contribution < 1.29 is 9.69 Å². The van der Waals surface area contributed by atoms with Gasteiger partial charge in [0, 0.05) is 28.8 Å². The lowest BCUT2D eigenvalue weighted by molar-refractivity contribution is -0.919. The minimum absolute atomic E-state index is 0.0984. The highest BCUT2D eigenvalue weighted by atomic mass is 79.9. The van der Waals surface area contributed by atoms with E-state index in [-0.39, 0.29) is 11.8 Å². The topological polar surface area (TPSA) is 47.5 Å².